The average Bonchev–Trinajstić information content (AvgIpc) is 2.48. The van der Waals surface area contributed by atoms with Gasteiger partial charge < -0.3 is 10.4 Å². The lowest BCUT2D eigenvalue weighted by atomic mass is 9.85. The Balaban J connectivity index is 1.94. The van der Waals surface area contributed by atoms with Crippen LogP contribution in [-0.4, -0.2) is 27.7 Å². The van der Waals surface area contributed by atoms with Crippen molar-refractivity contribution in [3.63, 3.8) is 0 Å². The number of nitrogens with zero attached hydrogens (tertiary/aromatic N) is 1. The number of rotatable bonds is 2. The molecule has 1 aliphatic heterocycles. The van der Waals surface area contributed by atoms with Gasteiger partial charge in [0, 0.05) is 12.3 Å². The summed E-state index contributed by atoms with van der Waals surface area (Å²) in [6.45, 7) is 1.58. The summed E-state index contributed by atoms with van der Waals surface area (Å²) in [5.41, 5.74) is -0.199. The fourth-order valence-corrected chi connectivity index (χ4v) is 2.68. The van der Waals surface area contributed by atoms with Crippen molar-refractivity contribution in [1.82, 2.24) is 14.9 Å². The van der Waals surface area contributed by atoms with E-state index in [1.807, 2.05) is 12.1 Å². The smallest absolute Gasteiger partial charge is 0.332 e. The maximum atomic E-state index is 11.7. The Hall–Kier alpha value is -2.18. The normalized spacial score (nSPS) is 17.6. The second-order valence-electron chi connectivity index (χ2n) is 5.31. The molecule has 0 spiro atoms. The average molecular weight is 287 g/mol. The summed E-state index contributed by atoms with van der Waals surface area (Å²) < 4.78 is 1.36. The predicted molar refractivity (Wildman–Crippen MR) is 78.7 cm³/mol. The predicted octanol–water partition coefficient (Wildman–Crippen LogP) is 0.0968. The van der Waals surface area contributed by atoms with Crippen LogP contribution in [0.4, 0.5) is 0 Å². The van der Waals surface area contributed by atoms with Crippen molar-refractivity contribution in [3.05, 3.63) is 62.9 Å². The van der Waals surface area contributed by atoms with Crippen LogP contribution in [0.2, 0.25) is 0 Å². The first kappa shape index (κ1) is 13.8. The van der Waals surface area contributed by atoms with Crippen molar-refractivity contribution in [2.75, 3.05) is 13.1 Å². The minimum atomic E-state index is -0.806. The number of aromatic amines is 1. The maximum absolute atomic E-state index is 11.7. The molecule has 1 aromatic heterocycles. The molecule has 0 bridgehead atoms. The lowest BCUT2D eigenvalue weighted by Crippen LogP contribution is -2.39. The molecule has 6 nitrogen and oxygen atoms in total. The molecule has 3 N–H and O–H groups in total. The Morgan fingerprint density at radius 3 is 2.33 bits per heavy atom. The van der Waals surface area contributed by atoms with Crippen molar-refractivity contribution in [2.45, 2.75) is 18.4 Å². The molecule has 0 amide bonds. The minimum absolute atomic E-state index is 0.420. The summed E-state index contributed by atoms with van der Waals surface area (Å²) in [6.07, 6.45) is 2.78. The lowest BCUT2D eigenvalue weighted by molar-refractivity contribution is 0.00594. The Labute approximate surface area is 121 Å². The molecule has 3 rings (SSSR count). The molecule has 6 heteroatoms. The van der Waals surface area contributed by atoms with Gasteiger partial charge in [0.15, 0.2) is 0 Å². The summed E-state index contributed by atoms with van der Waals surface area (Å²) >= 11 is 0. The summed E-state index contributed by atoms with van der Waals surface area (Å²) in [5, 5.41) is 13.9. The number of aromatic nitrogens is 2. The van der Waals surface area contributed by atoms with Crippen LogP contribution in [0.15, 0.2) is 46.1 Å². The van der Waals surface area contributed by atoms with Crippen LogP contribution in [0, 0.1) is 0 Å². The highest BCUT2D eigenvalue weighted by Gasteiger charge is 2.30. The van der Waals surface area contributed by atoms with E-state index in [0.717, 1.165) is 18.7 Å². The zero-order valence-electron chi connectivity index (χ0n) is 11.5. The van der Waals surface area contributed by atoms with Crippen molar-refractivity contribution in [2.24, 2.45) is 0 Å². The molecule has 0 radical (unpaired) electrons. The third kappa shape index (κ3) is 2.68. The standard InChI is InChI=1S/C15H17N3O3/c19-13-5-10-18(14(20)17-13)12-3-1-11(2-4-12)15(21)6-8-16-9-7-15/h1-5,10,16,21H,6-9H2,(H,17,19,20). The zero-order chi connectivity index (χ0) is 14.9. The van der Waals surface area contributed by atoms with Gasteiger partial charge in [0.05, 0.1) is 11.3 Å². The van der Waals surface area contributed by atoms with E-state index in [1.165, 1.54) is 16.8 Å². The van der Waals surface area contributed by atoms with Crippen LogP contribution in [0.1, 0.15) is 18.4 Å². The van der Waals surface area contributed by atoms with Crippen LogP contribution in [0.25, 0.3) is 5.69 Å². The van der Waals surface area contributed by atoms with Gasteiger partial charge in [-0.2, -0.15) is 0 Å². The zero-order valence-corrected chi connectivity index (χ0v) is 11.5. The molecule has 2 aromatic rings. The number of benzene rings is 1. The van der Waals surface area contributed by atoms with Crippen molar-refractivity contribution < 1.29 is 5.11 Å². The molecule has 1 aromatic carbocycles. The van der Waals surface area contributed by atoms with E-state index in [0.29, 0.717) is 18.5 Å². The fourth-order valence-electron chi connectivity index (χ4n) is 2.68. The second-order valence-corrected chi connectivity index (χ2v) is 5.31. The number of nitrogens with one attached hydrogen (secondary N) is 2. The third-order valence-corrected chi connectivity index (χ3v) is 3.94. The Morgan fingerprint density at radius 2 is 1.71 bits per heavy atom. The van der Waals surface area contributed by atoms with Crippen molar-refractivity contribution in [1.29, 1.82) is 0 Å². The van der Waals surface area contributed by atoms with Gasteiger partial charge in [-0.3, -0.25) is 14.3 Å². The number of H-pyrrole nitrogens is 1. The van der Waals surface area contributed by atoms with Gasteiger partial charge >= 0.3 is 5.69 Å². The quantitative estimate of drug-likeness (QED) is 0.731. The molecule has 1 aliphatic rings. The number of hydrogen-bond acceptors (Lipinski definition) is 4. The summed E-state index contributed by atoms with van der Waals surface area (Å²) in [6, 6.07) is 8.51. The largest absolute Gasteiger partial charge is 0.385 e. The monoisotopic (exact) mass is 287 g/mol. The fraction of sp³-hybridized carbons (Fsp3) is 0.333. The Kier molecular flexibility index (Phi) is 3.48. The van der Waals surface area contributed by atoms with Crippen LogP contribution in [-0.2, 0) is 5.60 Å². The number of piperidine rings is 1. The first-order valence-corrected chi connectivity index (χ1v) is 6.94. The van der Waals surface area contributed by atoms with Crippen LogP contribution < -0.4 is 16.6 Å². The summed E-state index contributed by atoms with van der Waals surface area (Å²) in [7, 11) is 0. The van der Waals surface area contributed by atoms with E-state index >= 15 is 0 Å². The molecule has 1 fully saturated rings. The molecule has 0 unspecified atom stereocenters. The molecule has 0 aliphatic carbocycles. The van der Waals surface area contributed by atoms with Gasteiger partial charge in [-0.25, -0.2) is 4.79 Å². The highest BCUT2D eigenvalue weighted by Crippen LogP contribution is 2.30. The van der Waals surface area contributed by atoms with Gasteiger partial charge in [-0.1, -0.05) is 12.1 Å². The molecule has 0 saturated carbocycles. The van der Waals surface area contributed by atoms with Crippen LogP contribution in [0.3, 0.4) is 0 Å². The molecule has 110 valence electrons. The van der Waals surface area contributed by atoms with Gasteiger partial charge in [-0.15, -0.1) is 0 Å². The van der Waals surface area contributed by atoms with Gasteiger partial charge in [0.25, 0.3) is 5.56 Å². The summed E-state index contributed by atoms with van der Waals surface area (Å²) in [5.74, 6) is 0. The Bertz CT molecular complexity index is 740. The van der Waals surface area contributed by atoms with Gasteiger partial charge in [-0.05, 0) is 43.6 Å². The second kappa shape index (κ2) is 5.31. The maximum Gasteiger partial charge on any atom is 0.332 e. The topological polar surface area (TPSA) is 87.1 Å². The lowest BCUT2D eigenvalue weighted by Gasteiger charge is -2.33. The van der Waals surface area contributed by atoms with Crippen molar-refractivity contribution in [3.8, 4) is 5.69 Å². The highest BCUT2D eigenvalue weighted by atomic mass is 16.3. The van der Waals surface area contributed by atoms with Gasteiger partial charge in [0.1, 0.15) is 0 Å². The first-order chi connectivity index (χ1) is 10.1. The number of hydrogen-bond donors (Lipinski definition) is 3. The van der Waals surface area contributed by atoms with Crippen LogP contribution >= 0.6 is 0 Å². The van der Waals surface area contributed by atoms with E-state index in [1.54, 1.807) is 12.1 Å². The van der Waals surface area contributed by atoms with E-state index in [-0.39, 0.29) is 0 Å². The third-order valence-electron chi connectivity index (χ3n) is 3.94. The van der Waals surface area contributed by atoms with E-state index < -0.39 is 16.9 Å². The number of aliphatic hydroxyl groups is 1. The molecule has 0 atom stereocenters. The molecule has 21 heavy (non-hydrogen) atoms. The first-order valence-electron chi connectivity index (χ1n) is 6.94. The van der Waals surface area contributed by atoms with E-state index in [4.69, 9.17) is 0 Å². The highest BCUT2D eigenvalue weighted by molar-refractivity contribution is 5.36. The van der Waals surface area contributed by atoms with Crippen molar-refractivity contribution >= 4 is 0 Å². The van der Waals surface area contributed by atoms with E-state index in [2.05, 4.69) is 10.3 Å². The molecular formula is C15H17N3O3. The van der Waals surface area contributed by atoms with Gasteiger partial charge in [0.2, 0.25) is 0 Å². The minimum Gasteiger partial charge on any atom is -0.385 e. The molecule has 1 saturated heterocycles. The SMILES string of the molecule is O=c1ccn(-c2ccc(C3(O)CCNCC3)cc2)c(=O)[nH]1. The molecular weight excluding hydrogens is 270 g/mol. The molecule has 2 heterocycles. The van der Waals surface area contributed by atoms with Crippen LogP contribution in [0.5, 0.6) is 0 Å². The Morgan fingerprint density at radius 1 is 1.05 bits per heavy atom. The summed E-state index contributed by atoms with van der Waals surface area (Å²) in [4.78, 5) is 25.0. The van der Waals surface area contributed by atoms with E-state index in [9.17, 15) is 14.7 Å².